The average Bonchev–Trinajstić information content (AvgIpc) is 2.70. The van der Waals surface area contributed by atoms with Gasteiger partial charge in [-0.25, -0.2) is 0 Å². The molecule has 0 fully saturated rings. The first-order valence-electron chi connectivity index (χ1n) is 9.23. The first kappa shape index (κ1) is 20.4. The molecule has 0 saturated heterocycles. The van der Waals surface area contributed by atoms with Crippen molar-refractivity contribution in [3.63, 3.8) is 0 Å². The van der Waals surface area contributed by atoms with Crippen molar-refractivity contribution in [3.8, 4) is 11.5 Å². The molecule has 3 aromatic rings. The predicted molar refractivity (Wildman–Crippen MR) is 120 cm³/mol. The summed E-state index contributed by atoms with van der Waals surface area (Å²) in [5.74, 6) is 1.05. The molecule has 0 aliphatic carbocycles. The fourth-order valence-electron chi connectivity index (χ4n) is 2.68. The fourth-order valence-corrected chi connectivity index (χ4v) is 2.89. The van der Waals surface area contributed by atoms with Crippen LogP contribution in [0.4, 0.5) is 11.4 Å². The maximum Gasteiger partial charge on any atom is 0.266 e. The Bertz CT molecular complexity index is 1000. The highest BCUT2D eigenvalue weighted by Gasteiger charge is 2.09. The number of anilines is 2. The Balaban J connectivity index is 1.61. The van der Waals surface area contributed by atoms with E-state index < -0.39 is 0 Å². The van der Waals surface area contributed by atoms with Gasteiger partial charge >= 0.3 is 0 Å². The lowest BCUT2D eigenvalue weighted by molar-refractivity contribution is 0.102. The lowest BCUT2D eigenvalue weighted by Crippen LogP contribution is -2.17. The molecule has 0 saturated carbocycles. The zero-order valence-electron chi connectivity index (χ0n) is 16.3. The second-order valence-electron chi connectivity index (χ2n) is 6.32. The number of carbonyl (C=O) groups excluding carboxylic acids is 1. The van der Waals surface area contributed by atoms with Crippen LogP contribution in [0.2, 0.25) is 0 Å². The molecule has 0 spiro atoms. The van der Waals surface area contributed by atoms with Crippen molar-refractivity contribution in [3.05, 3.63) is 83.9 Å². The normalized spacial score (nSPS) is 10.1. The second-order valence-corrected chi connectivity index (χ2v) is 6.69. The van der Waals surface area contributed by atoms with E-state index in [1.165, 1.54) is 0 Å². The standard InChI is InChI=1S/C23H22N2O3S/c1-3-27-20-12-10-18(11-13-20)25-23(29)28-21-9-5-7-17(15-21)22(26)24-19-8-4-6-16(2)14-19/h4-15H,3H2,1-2H3,(H,24,26)(H,25,29). The molecule has 0 atom stereocenters. The minimum atomic E-state index is -0.216. The van der Waals surface area contributed by atoms with E-state index in [9.17, 15) is 4.79 Å². The van der Waals surface area contributed by atoms with Gasteiger partial charge in [-0.2, -0.15) is 0 Å². The van der Waals surface area contributed by atoms with E-state index in [0.29, 0.717) is 17.9 Å². The Kier molecular flexibility index (Phi) is 6.81. The quantitative estimate of drug-likeness (QED) is 0.535. The molecule has 3 aromatic carbocycles. The van der Waals surface area contributed by atoms with Gasteiger partial charge in [-0.05, 0) is 86.2 Å². The Morgan fingerprint density at radius 3 is 2.38 bits per heavy atom. The van der Waals surface area contributed by atoms with E-state index in [4.69, 9.17) is 21.7 Å². The molecule has 148 valence electrons. The number of amides is 1. The van der Waals surface area contributed by atoms with Crippen molar-refractivity contribution < 1.29 is 14.3 Å². The fraction of sp³-hybridized carbons (Fsp3) is 0.130. The lowest BCUT2D eigenvalue weighted by Gasteiger charge is -2.11. The Morgan fingerprint density at radius 2 is 1.66 bits per heavy atom. The van der Waals surface area contributed by atoms with Crippen LogP contribution >= 0.6 is 12.2 Å². The minimum Gasteiger partial charge on any atom is -0.494 e. The van der Waals surface area contributed by atoms with Gasteiger partial charge in [-0.15, -0.1) is 0 Å². The van der Waals surface area contributed by atoms with Gasteiger partial charge in [0.05, 0.1) is 6.61 Å². The van der Waals surface area contributed by atoms with Crippen LogP contribution in [0.5, 0.6) is 11.5 Å². The molecular weight excluding hydrogens is 384 g/mol. The van der Waals surface area contributed by atoms with Gasteiger partial charge in [0.15, 0.2) is 0 Å². The molecule has 1 amide bonds. The predicted octanol–water partition coefficient (Wildman–Crippen LogP) is 5.42. The third kappa shape index (κ3) is 6.05. The summed E-state index contributed by atoms with van der Waals surface area (Å²) in [5.41, 5.74) is 3.08. The van der Waals surface area contributed by atoms with Gasteiger partial charge < -0.3 is 20.1 Å². The number of carbonyl (C=O) groups is 1. The highest BCUT2D eigenvalue weighted by atomic mass is 32.1. The summed E-state index contributed by atoms with van der Waals surface area (Å²) < 4.78 is 11.1. The number of hydrogen-bond acceptors (Lipinski definition) is 4. The second kappa shape index (κ2) is 9.71. The summed E-state index contributed by atoms with van der Waals surface area (Å²) in [6.07, 6.45) is 0. The molecule has 29 heavy (non-hydrogen) atoms. The smallest absolute Gasteiger partial charge is 0.266 e. The topological polar surface area (TPSA) is 59.6 Å². The Labute approximate surface area is 175 Å². The van der Waals surface area contributed by atoms with Gasteiger partial charge in [0.1, 0.15) is 11.5 Å². The number of thiocarbonyl (C=S) groups is 1. The summed E-state index contributed by atoms with van der Waals surface area (Å²) in [4.78, 5) is 12.5. The van der Waals surface area contributed by atoms with Crippen LogP contribution in [0.15, 0.2) is 72.8 Å². The van der Waals surface area contributed by atoms with Gasteiger partial charge in [-0.1, -0.05) is 18.2 Å². The molecular formula is C23H22N2O3S. The first-order valence-corrected chi connectivity index (χ1v) is 9.64. The largest absolute Gasteiger partial charge is 0.494 e. The minimum absolute atomic E-state index is 0.186. The maximum atomic E-state index is 12.5. The number of ether oxygens (including phenoxy) is 2. The molecule has 5 nitrogen and oxygen atoms in total. The molecule has 0 aromatic heterocycles. The zero-order valence-corrected chi connectivity index (χ0v) is 17.1. The van der Waals surface area contributed by atoms with Crippen molar-refractivity contribution in [1.82, 2.24) is 0 Å². The summed E-state index contributed by atoms with van der Waals surface area (Å²) >= 11 is 5.27. The van der Waals surface area contributed by atoms with Gasteiger partial charge in [0.25, 0.3) is 11.1 Å². The summed E-state index contributed by atoms with van der Waals surface area (Å²) in [6.45, 7) is 4.52. The van der Waals surface area contributed by atoms with E-state index in [2.05, 4.69) is 10.6 Å². The molecule has 0 heterocycles. The van der Waals surface area contributed by atoms with E-state index in [0.717, 1.165) is 22.7 Å². The van der Waals surface area contributed by atoms with Crippen molar-refractivity contribution in [2.75, 3.05) is 17.2 Å². The van der Waals surface area contributed by atoms with Crippen LogP contribution in [0.1, 0.15) is 22.8 Å². The molecule has 0 bridgehead atoms. The highest BCUT2D eigenvalue weighted by molar-refractivity contribution is 7.80. The highest BCUT2D eigenvalue weighted by Crippen LogP contribution is 2.19. The first-order chi connectivity index (χ1) is 14.0. The van der Waals surface area contributed by atoms with Crippen molar-refractivity contribution in [2.24, 2.45) is 0 Å². The molecule has 3 rings (SSSR count). The molecule has 2 N–H and O–H groups in total. The van der Waals surface area contributed by atoms with Crippen LogP contribution in [-0.2, 0) is 0 Å². The Hall–Kier alpha value is -3.38. The number of nitrogens with one attached hydrogen (secondary N) is 2. The van der Waals surface area contributed by atoms with Gasteiger partial charge in [0.2, 0.25) is 0 Å². The van der Waals surface area contributed by atoms with Gasteiger partial charge in [0, 0.05) is 16.9 Å². The molecule has 0 aliphatic heterocycles. The van der Waals surface area contributed by atoms with Crippen molar-refractivity contribution in [1.29, 1.82) is 0 Å². The van der Waals surface area contributed by atoms with Crippen molar-refractivity contribution >= 4 is 34.7 Å². The number of hydrogen-bond donors (Lipinski definition) is 2. The molecule has 0 aliphatic rings. The van der Waals surface area contributed by atoms with Crippen molar-refractivity contribution in [2.45, 2.75) is 13.8 Å². The molecule has 0 unspecified atom stereocenters. The Morgan fingerprint density at radius 1 is 0.897 bits per heavy atom. The van der Waals surface area contributed by atoms with Crippen LogP contribution in [0.25, 0.3) is 0 Å². The lowest BCUT2D eigenvalue weighted by atomic mass is 10.2. The van der Waals surface area contributed by atoms with Crippen LogP contribution in [0.3, 0.4) is 0 Å². The van der Waals surface area contributed by atoms with Crippen LogP contribution in [-0.4, -0.2) is 17.7 Å². The summed E-state index contributed by atoms with van der Waals surface area (Å²) in [7, 11) is 0. The van der Waals surface area contributed by atoms with Gasteiger partial charge in [-0.3, -0.25) is 4.79 Å². The summed E-state index contributed by atoms with van der Waals surface area (Å²) in [6, 6.07) is 21.9. The molecule has 6 heteroatoms. The number of benzene rings is 3. The zero-order chi connectivity index (χ0) is 20.6. The number of aryl methyl sites for hydroxylation is 1. The SMILES string of the molecule is CCOc1ccc(NC(=S)Oc2cccc(C(=O)Nc3cccc(C)c3)c2)cc1. The monoisotopic (exact) mass is 406 g/mol. The molecule has 0 radical (unpaired) electrons. The maximum absolute atomic E-state index is 12.5. The van der Waals surface area contributed by atoms with E-state index in [1.807, 2.05) is 62.4 Å². The average molecular weight is 407 g/mol. The van der Waals surface area contributed by atoms with E-state index in [1.54, 1.807) is 24.3 Å². The summed E-state index contributed by atoms with van der Waals surface area (Å²) in [5, 5.41) is 6.07. The van der Waals surface area contributed by atoms with Crippen LogP contribution in [0, 0.1) is 6.92 Å². The number of rotatable bonds is 6. The van der Waals surface area contributed by atoms with E-state index >= 15 is 0 Å². The van der Waals surface area contributed by atoms with E-state index in [-0.39, 0.29) is 11.1 Å². The van der Waals surface area contributed by atoms with Crippen LogP contribution < -0.4 is 20.1 Å². The third-order valence-corrected chi connectivity index (χ3v) is 4.18. The third-order valence-electron chi connectivity index (χ3n) is 3.99.